The van der Waals surface area contributed by atoms with Crippen molar-refractivity contribution >= 4 is 17.5 Å². The molecule has 13 heavy (non-hydrogen) atoms. The Hall–Kier alpha value is -0.830. The van der Waals surface area contributed by atoms with Crippen molar-refractivity contribution in [3.63, 3.8) is 0 Å². The van der Waals surface area contributed by atoms with Crippen LogP contribution in [0.2, 0.25) is 0 Å². The molecule has 0 N–H and O–H groups in total. The highest BCUT2D eigenvalue weighted by Gasteiger charge is 2.06. The van der Waals surface area contributed by atoms with E-state index in [2.05, 4.69) is 23.8 Å². The summed E-state index contributed by atoms with van der Waals surface area (Å²) in [4.78, 5) is 10.4. The van der Waals surface area contributed by atoms with Crippen LogP contribution < -0.4 is 4.90 Å². The number of hydrogen-bond acceptors (Lipinski definition) is 3. The van der Waals surface area contributed by atoms with Gasteiger partial charge in [-0.3, -0.25) is 0 Å². The van der Waals surface area contributed by atoms with E-state index in [0.29, 0.717) is 11.9 Å². The predicted molar refractivity (Wildman–Crippen MR) is 55.1 cm³/mol. The van der Waals surface area contributed by atoms with Gasteiger partial charge >= 0.3 is 0 Å². The summed E-state index contributed by atoms with van der Waals surface area (Å²) in [5.74, 6) is 1.20. The summed E-state index contributed by atoms with van der Waals surface area (Å²) in [6.45, 7) is 4.19. The van der Waals surface area contributed by atoms with Crippen molar-refractivity contribution in [3.05, 3.63) is 18.0 Å². The molecule has 0 amide bonds. The number of anilines is 1. The van der Waals surface area contributed by atoms with E-state index in [1.807, 2.05) is 11.9 Å². The van der Waals surface area contributed by atoms with Crippen LogP contribution in [0.4, 0.5) is 5.95 Å². The van der Waals surface area contributed by atoms with E-state index in [4.69, 9.17) is 11.6 Å². The average Bonchev–Trinajstić information content (AvgIpc) is 2.17. The van der Waals surface area contributed by atoms with Crippen molar-refractivity contribution < 1.29 is 0 Å². The third-order valence-electron chi connectivity index (χ3n) is 1.94. The van der Waals surface area contributed by atoms with Gasteiger partial charge in [-0.05, 0) is 13.8 Å². The maximum absolute atomic E-state index is 5.63. The molecule has 0 aliphatic rings. The summed E-state index contributed by atoms with van der Waals surface area (Å²) >= 11 is 5.63. The first-order chi connectivity index (χ1) is 6.15. The molecule has 1 rings (SSSR count). The number of rotatable bonds is 3. The van der Waals surface area contributed by atoms with Crippen LogP contribution in [0.5, 0.6) is 0 Å². The quantitative estimate of drug-likeness (QED) is 0.698. The fraction of sp³-hybridized carbons (Fsp3) is 0.556. The van der Waals surface area contributed by atoms with E-state index in [1.165, 1.54) is 0 Å². The average molecular weight is 200 g/mol. The zero-order valence-corrected chi connectivity index (χ0v) is 8.91. The van der Waals surface area contributed by atoms with Gasteiger partial charge in [0.15, 0.2) is 0 Å². The maximum atomic E-state index is 5.63. The van der Waals surface area contributed by atoms with Crippen molar-refractivity contribution in [2.45, 2.75) is 25.8 Å². The summed E-state index contributed by atoms with van der Waals surface area (Å²) in [5.41, 5.74) is 0.947. The van der Waals surface area contributed by atoms with Gasteiger partial charge in [0.1, 0.15) is 0 Å². The van der Waals surface area contributed by atoms with Crippen molar-refractivity contribution in [1.82, 2.24) is 9.97 Å². The molecule has 0 atom stereocenters. The molecule has 0 radical (unpaired) electrons. The number of hydrogen-bond donors (Lipinski definition) is 0. The smallest absolute Gasteiger partial charge is 0.225 e. The molecule has 72 valence electrons. The first-order valence-electron chi connectivity index (χ1n) is 4.25. The summed E-state index contributed by atoms with van der Waals surface area (Å²) in [6.07, 6.45) is 3.52. The lowest BCUT2D eigenvalue weighted by Crippen LogP contribution is -2.27. The van der Waals surface area contributed by atoms with Gasteiger partial charge < -0.3 is 4.90 Å². The van der Waals surface area contributed by atoms with Crippen LogP contribution in [-0.2, 0) is 5.88 Å². The Morgan fingerprint density at radius 1 is 1.38 bits per heavy atom. The van der Waals surface area contributed by atoms with Crippen molar-refractivity contribution in [1.29, 1.82) is 0 Å². The monoisotopic (exact) mass is 199 g/mol. The topological polar surface area (TPSA) is 29.0 Å². The van der Waals surface area contributed by atoms with E-state index in [-0.39, 0.29) is 0 Å². The highest BCUT2D eigenvalue weighted by atomic mass is 35.5. The highest BCUT2D eigenvalue weighted by Crippen LogP contribution is 2.08. The predicted octanol–water partition coefficient (Wildman–Crippen LogP) is 2.06. The van der Waals surface area contributed by atoms with E-state index in [0.717, 1.165) is 11.5 Å². The minimum atomic E-state index is 0.404. The minimum absolute atomic E-state index is 0.404. The SMILES string of the molecule is CC(C)N(C)c1ncc(CCl)cn1. The lowest BCUT2D eigenvalue weighted by atomic mass is 10.3. The van der Waals surface area contributed by atoms with Gasteiger partial charge in [0.05, 0.1) is 5.88 Å². The Kier molecular flexibility index (Phi) is 3.48. The van der Waals surface area contributed by atoms with Gasteiger partial charge in [-0.25, -0.2) is 9.97 Å². The third-order valence-corrected chi connectivity index (χ3v) is 2.24. The molecule has 0 aliphatic heterocycles. The van der Waals surface area contributed by atoms with E-state index < -0.39 is 0 Å². The first-order valence-corrected chi connectivity index (χ1v) is 4.78. The van der Waals surface area contributed by atoms with Crippen LogP contribution in [0.15, 0.2) is 12.4 Å². The Bertz CT molecular complexity index is 258. The lowest BCUT2D eigenvalue weighted by molar-refractivity contribution is 0.728. The van der Waals surface area contributed by atoms with Crippen LogP contribution >= 0.6 is 11.6 Å². The minimum Gasteiger partial charge on any atom is -0.341 e. The third kappa shape index (κ3) is 2.56. The molecule has 3 nitrogen and oxygen atoms in total. The second-order valence-corrected chi connectivity index (χ2v) is 3.50. The molecule has 0 unspecified atom stereocenters. The molecular weight excluding hydrogens is 186 g/mol. The van der Waals surface area contributed by atoms with Crippen LogP contribution in [0, 0.1) is 0 Å². The Morgan fingerprint density at radius 3 is 2.31 bits per heavy atom. The zero-order valence-electron chi connectivity index (χ0n) is 8.16. The fourth-order valence-corrected chi connectivity index (χ4v) is 0.968. The Labute approximate surface area is 83.8 Å². The fourth-order valence-electron chi connectivity index (χ4n) is 0.830. The molecule has 0 spiro atoms. The summed E-state index contributed by atoms with van der Waals surface area (Å²) in [6, 6.07) is 0.404. The summed E-state index contributed by atoms with van der Waals surface area (Å²) in [7, 11) is 1.97. The van der Waals surface area contributed by atoms with Gasteiger partial charge in [-0.1, -0.05) is 0 Å². The maximum Gasteiger partial charge on any atom is 0.225 e. The van der Waals surface area contributed by atoms with Gasteiger partial charge in [0.2, 0.25) is 5.95 Å². The molecule has 0 aromatic carbocycles. The van der Waals surface area contributed by atoms with Gasteiger partial charge in [-0.15, -0.1) is 11.6 Å². The molecule has 0 fully saturated rings. The second-order valence-electron chi connectivity index (χ2n) is 3.23. The molecule has 0 bridgehead atoms. The van der Waals surface area contributed by atoms with Crippen LogP contribution in [-0.4, -0.2) is 23.1 Å². The number of nitrogens with zero attached hydrogens (tertiary/aromatic N) is 3. The first kappa shape index (κ1) is 10.3. The van der Waals surface area contributed by atoms with E-state index in [9.17, 15) is 0 Å². The van der Waals surface area contributed by atoms with Crippen molar-refractivity contribution in [2.24, 2.45) is 0 Å². The Morgan fingerprint density at radius 2 is 1.92 bits per heavy atom. The number of halogens is 1. The summed E-state index contributed by atoms with van der Waals surface area (Å²) < 4.78 is 0. The zero-order chi connectivity index (χ0) is 9.84. The molecule has 1 aromatic rings. The molecule has 1 heterocycles. The summed E-state index contributed by atoms with van der Waals surface area (Å²) in [5, 5.41) is 0. The normalized spacial score (nSPS) is 10.5. The molecule has 0 aliphatic carbocycles. The largest absolute Gasteiger partial charge is 0.341 e. The second kappa shape index (κ2) is 4.42. The standard InChI is InChI=1S/C9H14ClN3/c1-7(2)13(3)9-11-5-8(4-10)6-12-9/h5-7H,4H2,1-3H3. The molecular formula is C9H14ClN3. The highest BCUT2D eigenvalue weighted by molar-refractivity contribution is 6.17. The van der Waals surface area contributed by atoms with Gasteiger partial charge in [0, 0.05) is 31.0 Å². The van der Waals surface area contributed by atoms with Crippen LogP contribution in [0.1, 0.15) is 19.4 Å². The molecule has 0 saturated carbocycles. The number of aromatic nitrogens is 2. The molecule has 4 heteroatoms. The number of alkyl halides is 1. The van der Waals surface area contributed by atoms with E-state index >= 15 is 0 Å². The van der Waals surface area contributed by atoms with E-state index in [1.54, 1.807) is 12.4 Å². The van der Waals surface area contributed by atoms with Crippen molar-refractivity contribution in [3.8, 4) is 0 Å². The van der Waals surface area contributed by atoms with Crippen molar-refractivity contribution in [2.75, 3.05) is 11.9 Å². The van der Waals surface area contributed by atoms with Crippen LogP contribution in [0.25, 0.3) is 0 Å². The van der Waals surface area contributed by atoms with Gasteiger partial charge in [-0.2, -0.15) is 0 Å². The molecule has 1 aromatic heterocycles. The Balaban J connectivity index is 2.79. The lowest BCUT2D eigenvalue weighted by Gasteiger charge is -2.20. The molecule has 0 saturated heterocycles. The van der Waals surface area contributed by atoms with Crippen LogP contribution in [0.3, 0.4) is 0 Å². The van der Waals surface area contributed by atoms with Gasteiger partial charge in [0.25, 0.3) is 0 Å².